The number of aromatic hydroxyl groups is 1. The molecule has 0 atom stereocenters. The van der Waals surface area contributed by atoms with E-state index in [1.54, 1.807) is 31.2 Å². The van der Waals surface area contributed by atoms with E-state index in [2.05, 4.69) is 5.32 Å². The van der Waals surface area contributed by atoms with Crippen LogP contribution < -0.4 is 19.7 Å². The maximum absolute atomic E-state index is 13.1. The summed E-state index contributed by atoms with van der Waals surface area (Å²) < 4.78 is 11.6. The highest BCUT2D eigenvalue weighted by Gasteiger charge is 2.36. The molecule has 0 spiro atoms. The van der Waals surface area contributed by atoms with Gasteiger partial charge in [0.2, 0.25) is 0 Å². The Morgan fingerprint density at radius 1 is 0.919 bits per heavy atom. The number of amides is 4. The van der Waals surface area contributed by atoms with Crippen molar-refractivity contribution in [1.82, 2.24) is 5.32 Å². The van der Waals surface area contributed by atoms with Gasteiger partial charge in [-0.05, 0) is 72.7 Å². The second kappa shape index (κ2) is 11.1. The molecule has 8 nitrogen and oxygen atoms in total. The van der Waals surface area contributed by atoms with Crippen LogP contribution in [0.5, 0.6) is 17.2 Å². The van der Waals surface area contributed by atoms with Crippen LogP contribution in [0.3, 0.4) is 0 Å². The van der Waals surface area contributed by atoms with E-state index in [1.165, 1.54) is 36.4 Å². The molecule has 1 fully saturated rings. The van der Waals surface area contributed by atoms with E-state index in [-0.39, 0.29) is 40.1 Å². The van der Waals surface area contributed by atoms with Crippen LogP contribution in [0.4, 0.5) is 10.5 Å². The lowest BCUT2D eigenvalue weighted by Gasteiger charge is -2.26. The monoisotopic (exact) mass is 560 g/mol. The van der Waals surface area contributed by atoms with Crippen molar-refractivity contribution in [3.05, 3.63) is 86.4 Å². The number of hydrogen-bond donors (Lipinski definition) is 2. The van der Waals surface area contributed by atoms with Crippen LogP contribution >= 0.6 is 34.8 Å². The van der Waals surface area contributed by atoms with Crippen molar-refractivity contribution in [1.29, 1.82) is 0 Å². The highest BCUT2D eigenvalue weighted by molar-refractivity contribution is 6.42. The molecule has 0 bridgehead atoms. The third-order valence-corrected chi connectivity index (χ3v) is 6.24. The lowest BCUT2D eigenvalue weighted by atomic mass is 10.1. The number of benzene rings is 3. The molecule has 11 heteroatoms. The first kappa shape index (κ1) is 26.3. The Morgan fingerprint density at radius 2 is 1.65 bits per heavy atom. The fourth-order valence-corrected chi connectivity index (χ4v) is 4.11. The summed E-state index contributed by atoms with van der Waals surface area (Å²) in [4.78, 5) is 38.8. The maximum atomic E-state index is 13.1. The number of anilines is 1. The number of phenolic OH excluding ortho intramolecular Hbond substituents is 1. The Labute approximate surface area is 226 Å². The molecule has 3 aromatic rings. The molecule has 4 rings (SSSR count). The number of halogens is 3. The fourth-order valence-electron chi connectivity index (χ4n) is 3.52. The van der Waals surface area contributed by atoms with Crippen LogP contribution in [0.1, 0.15) is 18.1 Å². The minimum absolute atomic E-state index is 0.0416. The zero-order valence-corrected chi connectivity index (χ0v) is 21.5. The van der Waals surface area contributed by atoms with Gasteiger partial charge in [-0.3, -0.25) is 14.9 Å². The van der Waals surface area contributed by atoms with E-state index in [0.29, 0.717) is 22.2 Å². The minimum Gasteiger partial charge on any atom is -0.508 e. The first-order chi connectivity index (χ1) is 17.7. The van der Waals surface area contributed by atoms with Crippen LogP contribution in [0, 0.1) is 0 Å². The predicted molar refractivity (Wildman–Crippen MR) is 141 cm³/mol. The number of imide groups is 2. The summed E-state index contributed by atoms with van der Waals surface area (Å²) >= 11 is 18.5. The molecular formula is C26H19Cl3N2O6. The molecule has 4 amide bonds. The van der Waals surface area contributed by atoms with Gasteiger partial charge in [-0.25, -0.2) is 9.69 Å². The average molecular weight is 562 g/mol. The standard InChI is InChI=1S/C26H19Cl3N2O6/c1-2-36-22-12-15(11-21(29)23(22)37-13-14-3-8-19(27)20(28)10-14)9-18-24(33)30-26(35)31(25(18)34)16-4-6-17(32)7-5-16/h3-12,32H,2,13H2,1H3,(H,30,33,35)/b18-9-. The van der Waals surface area contributed by atoms with Crippen molar-refractivity contribution < 1.29 is 29.0 Å². The highest BCUT2D eigenvalue weighted by atomic mass is 35.5. The smallest absolute Gasteiger partial charge is 0.335 e. The molecule has 2 N–H and O–H groups in total. The van der Waals surface area contributed by atoms with E-state index in [1.807, 2.05) is 0 Å². The molecule has 0 radical (unpaired) electrons. The Morgan fingerprint density at radius 3 is 2.32 bits per heavy atom. The van der Waals surface area contributed by atoms with Crippen LogP contribution in [0.25, 0.3) is 6.08 Å². The maximum Gasteiger partial charge on any atom is 0.335 e. The molecule has 1 saturated heterocycles. The summed E-state index contributed by atoms with van der Waals surface area (Å²) in [5.41, 5.74) is 1.00. The molecule has 37 heavy (non-hydrogen) atoms. The number of urea groups is 1. The number of rotatable bonds is 7. The molecule has 1 heterocycles. The van der Waals surface area contributed by atoms with E-state index in [9.17, 15) is 19.5 Å². The number of carbonyl (C=O) groups excluding carboxylic acids is 3. The molecule has 1 aliphatic rings. The van der Waals surface area contributed by atoms with Gasteiger partial charge in [0.25, 0.3) is 11.8 Å². The summed E-state index contributed by atoms with van der Waals surface area (Å²) in [6.45, 7) is 2.20. The molecule has 0 aromatic heterocycles. The van der Waals surface area contributed by atoms with Gasteiger partial charge >= 0.3 is 6.03 Å². The predicted octanol–water partition coefficient (Wildman–Crippen LogP) is 6.00. The summed E-state index contributed by atoms with van der Waals surface area (Å²) in [5, 5.41) is 12.6. The molecule has 1 aliphatic heterocycles. The normalized spacial score (nSPS) is 14.6. The Hall–Kier alpha value is -3.72. The van der Waals surface area contributed by atoms with Gasteiger partial charge in [0, 0.05) is 0 Å². The highest BCUT2D eigenvalue weighted by Crippen LogP contribution is 2.38. The fraction of sp³-hybridized carbons (Fsp3) is 0.115. The van der Waals surface area contributed by atoms with Crippen molar-refractivity contribution >= 4 is 64.4 Å². The third kappa shape index (κ3) is 5.83. The SMILES string of the molecule is CCOc1cc(/C=C2/C(=O)NC(=O)N(c3ccc(O)cc3)C2=O)cc(Cl)c1OCc1ccc(Cl)c(Cl)c1. The first-order valence-corrected chi connectivity index (χ1v) is 12.0. The second-order valence-corrected chi connectivity index (χ2v) is 9.00. The van der Waals surface area contributed by atoms with Gasteiger partial charge in [0.1, 0.15) is 17.9 Å². The summed E-state index contributed by atoms with van der Waals surface area (Å²) in [7, 11) is 0. The zero-order valence-electron chi connectivity index (χ0n) is 19.3. The van der Waals surface area contributed by atoms with Crippen LogP contribution in [0.2, 0.25) is 15.1 Å². The van der Waals surface area contributed by atoms with Gasteiger partial charge in [-0.1, -0.05) is 40.9 Å². The molecule has 0 saturated carbocycles. The van der Waals surface area contributed by atoms with Crippen molar-refractivity contribution in [2.75, 3.05) is 11.5 Å². The Kier molecular flexibility index (Phi) is 7.92. The first-order valence-electron chi connectivity index (χ1n) is 10.9. The van der Waals surface area contributed by atoms with Gasteiger partial charge in [-0.2, -0.15) is 0 Å². The summed E-state index contributed by atoms with van der Waals surface area (Å²) in [6, 6.07) is 12.6. The lowest BCUT2D eigenvalue weighted by Crippen LogP contribution is -2.54. The van der Waals surface area contributed by atoms with Crippen molar-refractivity contribution in [2.45, 2.75) is 13.5 Å². The summed E-state index contributed by atoms with van der Waals surface area (Å²) in [6.07, 6.45) is 1.30. The molecule has 0 aliphatic carbocycles. The minimum atomic E-state index is -0.906. The molecule has 3 aromatic carbocycles. The second-order valence-electron chi connectivity index (χ2n) is 7.77. The van der Waals surface area contributed by atoms with E-state index >= 15 is 0 Å². The number of ether oxygens (including phenoxy) is 2. The number of carbonyl (C=O) groups is 3. The topological polar surface area (TPSA) is 105 Å². The van der Waals surface area contributed by atoms with E-state index < -0.39 is 17.8 Å². The number of phenols is 1. The molecular weight excluding hydrogens is 543 g/mol. The van der Waals surface area contributed by atoms with Gasteiger partial charge < -0.3 is 14.6 Å². The van der Waals surface area contributed by atoms with Crippen LogP contribution in [0.15, 0.2) is 60.2 Å². The van der Waals surface area contributed by atoms with Crippen molar-refractivity contribution in [3.63, 3.8) is 0 Å². The van der Waals surface area contributed by atoms with Gasteiger partial charge in [-0.15, -0.1) is 0 Å². The molecule has 190 valence electrons. The van der Waals surface area contributed by atoms with E-state index in [0.717, 1.165) is 10.5 Å². The van der Waals surface area contributed by atoms with Crippen LogP contribution in [-0.2, 0) is 16.2 Å². The molecule has 0 unspecified atom stereocenters. The Balaban J connectivity index is 1.65. The third-order valence-electron chi connectivity index (χ3n) is 5.22. The number of barbiturate groups is 1. The number of nitrogens with zero attached hydrogens (tertiary/aromatic N) is 1. The lowest BCUT2D eigenvalue weighted by molar-refractivity contribution is -0.122. The van der Waals surface area contributed by atoms with Gasteiger partial charge in [0.05, 0.1) is 27.4 Å². The summed E-state index contributed by atoms with van der Waals surface area (Å²) in [5.74, 6) is -1.19. The number of nitrogens with one attached hydrogen (secondary N) is 1. The van der Waals surface area contributed by atoms with Gasteiger partial charge in [0.15, 0.2) is 11.5 Å². The van der Waals surface area contributed by atoms with Crippen molar-refractivity contribution in [2.24, 2.45) is 0 Å². The number of hydrogen-bond acceptors (Lipinski definition) is 6. The van der Waals surface area contributed by atoms with E-state index in [4.69, 9.17) is 44.3 Å². The zero-order chi connectivity index (χ0) is 26.7. The van der Waals surface area contributed by atoms with Crippen molar-refractivity contribution in [3.8, 4) is 17.2 Å². The van der Waals surface area contributed by atoms with Crippen LogP contribution in [-0.4, -0.2) is 29.6 Å². The quantitative estimate of drug-likeness (QED) is 0.271. The largest absolute Gasteiger partial charge is 0.508 e. The Bertz CT molecular complexity index is 1420. The average Bonchev–Trinajstić information content (AvgIpc) is 2.84.